The average molecular weight is 359 g/mol. The number of carbonyl (C=O) groups excluding carboxylic acids is 1. The fourth-order valence-corrected chi connectivity index (χ4v) is 2.31. The van der Waals surface area contributed by atoms with Crippen LogP contribution in [0.25, 0.3) is 5.69 Å². The number of benzene rings is 1. The summed E-state index contributed by atoms with van der Waals surface area (Å²) in [7, 11) is 0. The normalized spacial score (nSPS) is 10.3. The van der Waals surface area contributed by atoms with Gasteiger partial charge in [-0.25, -0.2) is 5.84 Å². The largest absolute Gasteiger partial charge is 0.311 e. The first-order valence-electron chi connectivity index (χ1n) is 4.77. The van der Waals surface area contributed by atoms with Crippen LogP contribution in [0, 0.1) is 0 Å². The minimum Gasteiger partial charge on any atom is -0.311 e. The third-order valence-electron chi connectivity index (χ3n) is 2.28. The average Bonchev–Trinajstić information content (AvgIpc) is 2.80. The summed E-state index contributed by atoms with van der Waals surface area (Å²) in [5.41, 5.74) is 3.47. The van der Waals surface area contributed by atoms with Crippen LogP contribution in [0.3, 0.4) is 0 Å². The zero-order valence-corrected chi connectivity index (χ0v) is 11.8. The summed E-state index contributed by atoms with van der Waals surface area (Å²) >= 11 is 6.85. The zero-order valence-electron chi connectivity index (χ0n) is 8.65. The van der Waals surface area contributed by atoms with Gasteiger partial charge in [0.1, 0.15) is 5.69 Å². The van der Waals surface area contributed by atoms with Crippen molar-refractivity contribution in [2.75, 3.05) is 0 Å². The van der Waals surface area contributed by atoms with Gasteiger partial charge in [0.2, 0.25) is 0 Å². The fraction of sp³-hybridized carbons (Fsp3) is 0. The highest BCUT2D eigenvalue weighted by atomic mass is 79.9. The van der Waals surface area contributed by atoms with Crippen molar-refractivity contribution < 1.29 is 4.79 Å². The molecule has 0 unspecified atom stereocenters. The molecule has 0 saturated carbocycles. The number of hydrogen-bond donors (Lipinski definition) is 2. The van der Waals surface area contributed by atoms with Gasteiger partial charge < -0.3 is 4.57 Å². The molecule has 0 spiro atoms. The molecular weight excluding hydrogens is 350 g/mol. The monoisotopic (exact) mass is 357 g/mol. The van der Waals surface area contributed by atoms with E-state index in [-0.39, 0.29) is 5.91 Å². The Balaban J connectivity index is 2.57. The maximum Gasteiger partial charge on any atom is 0.282 e. The van der Waals surface area contributed by atoms with Crippen molar-refractivity contribution in [3.8, 4) is 5.69 Å². The van der Waals surface area contributed by atoms with Crippen molar-refractivity contribution in [3.63, 3.8) is 0 Å². The van der Waals surface area contributed by atoms with Crippen LogP contribution in [-0.2, 0) is 0 Å². The van der Waals surface area contributed by atoms with Crippen molar-refractivity contribution in [2.45, 2.75) is 0 Å². The molecule has 1 aromatic heterocycles. The SMILES string of the molecule is NNC(=O)c1cccn1-c1cc(Br)ccc1Br. The lowest BCUT2D eigenvalue weighted by Gasteiger charge is -2.10. The van der Waals surface area contributed by atoms with Gasteiger partial charge in [-0.3, -0.25) is 10.2 Å². The number of aromatic nitrogens is 1. The highest BCUT2D eigenvalue weighted by Crippen LogP contribution is 2.26. The van der Waals surface area contributed by atoms with Crippen LogP contribution in [0.5, 0.6) is 0 Å². The van der Waals surface area contributed by atoms with Gasteiger partial charge >= 0.3 is 0 Å². The number of nitrogen functional groups attached to an aromatic ring is 1. The molecule has 0 aliphatic carbocycles. The van der Waals surface area contributed by atoms with Crippen molar-refractivity contribution in [1.29, 1.82) is 0 Å². The topological polar surface area (TPSA) is 60.0 Å². The number of nitrogens with one attached hydrogen (secondary N) is 1. The van der Waals surface area contributed by atoms with Crippen LogP contribution in [0.15, 0.2) is 45.5 Å². The molecule has 6 heteroatoms. The lowest BCUT2D eigenvalue weighted by atomic mass is 10.3. The summed E-state index contributed by atoms with van der Waals surface area (Å²) in [6.07, 6.45) is 1.80. The summed E-state index contributed by atoms with van der Waals surface area (Å²) in [5.74, 6) is 4.81. The van der Waals surface area contributed by atoms with E-state index < -0.39 is 0 Å². The summed E-state index contributed by atoms with van der Waals surface area (Å²) in [6, 6.07) is 9.23. The van der Waals surface area contributed by atoms with Crippen molar-refractivity contribution >= 4 is 37.8 Å². The number of hydrogen-bond acceptors (Lipinski definition) is 2. The van der Waals surface area contributed by atoms with Gasteiger partial charge in [0.05, 0.1) is 5.69 Å². The molecule has 1 aromatic carbocycles. The summed E-state index contributed by atoms with van der Waals surface area (Å²) in [5, 5.41) is 0. The lowest BCUT2D eigenvalue weighted by Crippen LogP contribution is -2.31. The van der Waals surface area contributed by atoms with E-state index in [0.29, 0.717) is 5.69 Å². The number of nitrogens with two attached hydrogens (primary N) is 1. The van der Waals surface area contributed by atoms with Crippen LogP contribution < -0.4 is 11.3 Å². The maximum atomic E-state index is 11.6. The molecule has 0 aliphatic heterocycles. The van der Waals surface area contributed by atoms with E-state index in [1.807, 2.05) is 18.2 Å². The second kappa shape index (κ2) is 5.03. The first-order chi connectivity index (χ1) is 8.13. The molecule has 17 heavy (non-hydrogen) atoms. The van der Waals surface area contributed by atoms with Crippen LogP contribution in [0.4, 0.5) is 0 Å². The zero-order chi connectivity index (χ0) is 12.4. The molecule has 2 aromatic rings. The van der Waals surface area contributed by atoms with Gasteiger partial charge in [0.25, 0.3) is 5.91 Å². The van der Waals surface area contributed by atoms with Gasteiger partial charge in [0, 0.05) is 15.1 Å². The lowest BCUT2D eigenvalue weighted by molar-refractivity contribution is 0.0947. The molecule has 0 bridgehead atoms. The Hall–Kier alpha value is -1.11. The smallest absolute Gasteiger partial charge is 0.282 e. The van der Waals surface area contributed by atoms with E-state index in [2.05, 4.69) is 37.3 Å². The number of rotatable bonds is 2. The van der Waals surface area contributed by atoms with Crippen molar-refractivity contribution in [2.24, 2.45) is 5.84 Å². The van der Waals surface area contributed by atoms with Crippen LogP contribution >= 0.6 is 31.9 Å². The summed E-state index contributed by atoms with van der Waals surface area (Å²) in [6.45, 7) is 0. The molecule has 2 rings (SSSR count). The van der Waals surface area contributed by atoms with E-state index in [9.17, 15) is 4.79 Å². The molecule has 88 valence electrons. The minimum absolute atomic E-state index is 0.332. The number of hydrazine groups is 1. The second-order valence-corrected chi connectivity index (χ2v) is 5.10. The Morgan fingerprint density at radius 2 is 2.06 bits per heavy atom. The van der Waals surface area contributed by atoms with Crippen LogP contribution in [0.2, 0.25) is 0 Å². The number of amides is 1. The molecule has 0 saturated heterocycles. The molecule has 3 N–H and O–H groups in total. The Bertz CT molecular complexity index is 566. The van der Waals surface area contributed by atoms with E-state index in [0.717, 1.165) is 14.6 Å². The fourth-order valence-electron chi connectivity index (χ4n) is 1.52. The Morgan fingerprint density at radius 3 is 2.76 bits per heavy atom. The quantitative estimate of drug-likeness (QED) is 0.492. The highest BCUT2D eigenvalue weighted by Gasteiger charge is 2.12. The molecule has 0 atom stereocenters. The highest BCUT2D eigenvalue weighted by molar-refractivity contribution is 9.11. The van der Waals surface area contributed by atoms with Crippen molar-refractivity contribution in [1.82, 2.24) is 9.99 Å². The van der Waals surface area contributed by atoms with Crippen LogP contribution in [0.1, 0.15) is 10.5 Å². The minimum atomic E-state index is -0.332. The molecule has 1 heterocycles. The summed E-state index contributed by atoms with van der Waals surface area (Å²) < 4.78 is 3.59. The number of halogens is 2. The standard InChI is InChI=1S/C11H9Br2N3O/c12-7-3-4-8(13)10(6-7)16-5-1-2-9(16)11(17)15-14/h1-6H,14H2,(H,15,17). The predicted molar refractivity (Wildman–Crippen MR) is 72.8 cm³/mol. The summed E-state index contributed by atoms with van der Waals surface area (Å²) in [4.78, 5) is 11.6. The van der Waals surface area contributed by atoms with Gasteiger partial charge in [-0.05, 0) is 46.3 Å². The van der Waals surface area contributed by atoms with Gasteiger partial charge in [0.15, 0.2) is 0 Å². The first-order valence-corrected chi connectivity index (χ1v) is 6.36. The Morgan fingerprint density at radius 1 is 1.29 bits per heavy atom. The third kappa shape index (κ3) is 2.43. The molecule has 0 fully saturated rings. The molecule has 0 radical (unpaired) electrons. The van der Waals surface area contributed by atoms with Gasteiger partial charge in [-0.15, -0.1) is 0 Å². The third-order valence-corrected chi connectivity index (χ3v) is 3.44. The first kappa shape index (κ1) is 12.3. The van der Waals surface area contributed by atoms with E-state index in [1.54, 1.807) is 22.9 Å². The van der Waals surface area contributed by atoms with E-state index in [1.165, 1.54) is 0 Å². The molecule has 4 nitrogen and oxygen atoms in total. The van der Waals surface area contributed by atoms with Gasteiger partial charge in [-0.1, -0.05) is 15.9 Å². The van der Waals surface area contributed by atoms with Crippen LogP contribution in [-0.4, -0.2) is 10.5 Å². The molecular formula is C11H9Br2N3O. The number of carbonyl (C=O) groups is 1. The second-order valence-electron chi connectivity index (χ2n) is 3.33. The molecule has 1 amide bonds. The van der Waals surface area contributed by atoms with Crippen molar-refractivity contribution in [3.05, 3.63) is 51.2 Å². The number of nitrogens with zero attached hydrogens (tertiary/aromatic N) is 1. The Kier molecular flexibility index (Phi) is 3.66. The Labute approximate surface area is 115 Å². The molecule has 0 aliphatic rings. The predicted octanol–water partition coefficient (Wildman–Crippen LogP) is 2.61. The van der Waals surface area contributed by atoms with E-state index >= 15 is 0 Å². The van der Waals surface area contributed by atoms with E-state index in [4.69, 9.17) is 5.84 Å². The van der Waals surface area contributed by atoms with Gasteiger partial charge in [-0.2, -0.15) is 0 Å². The maximum absolute atomic E-state index is 11.6.